The number of thioether (sulfide) groups is 1. The monoisotopic (exact) mass is 336 g/mol. The molecular formula is C12H20N2O5S2. The van der Waals surface area contributed by atoms with Crippen molar-refractivity contribution in [3.63, 3.8) is 0 Å². The summed E-state index contributed by atoms with van der Waals surface area (Å²) in [5.41, 5.74) is 0. The van der Waals surface area contributed by atoms with E-state index >= 15 is 0 Å². The fourth-order valence-corrected chi connectivity index (χ4v) is 2.92. The zero-order valence-corrected chi connectivity index (χ0v) is 13.7. The lowest BCUT2D eigenvalue weighted by Gasteiger charge is -2.21. The van der Waals surface area contributed by atoms with E-state index in [2.05, 4.69) is 0 Å². The van der Waals surface area contributed by atoms with Gasteiger partial charge in [-0.3, -0.25) is 14.4 Å². The maximum absolute atomic E-state index is 11.8. The lowest BCUT2D eigenvalue weighted by molar-refractivity contribution is -0.149. The Kier molecular flexibility index (Phi) is 9.72. The third kappa shape index (κ3) is 8.51. The first kappa shape index (κ1) is 19.7. The first-order valence-electron chi connectivity index (χ1n) is 6.44. The summed E-state index contributed by atoms with van der Waals surface area (Å²) >= 11 is 6.54. The Bertz CT molecular complexity index is 383. The number of thiocarbonyl (C=S) groups is 1. The van der Waals surface area contributed by atoms with Gasteiger partial charge in [0, 0.05) is 25.3 Å². The molecule has 0 bridgehead atoms. The van der Waals surface area contributed by atoms with Crippen molar-refractivity contribution in [1.29, 1.82) is 0 Å². The van der Waals surface area contributed by atoms with Crippen molar-refractivity contribution in [3.8, 4) is 0 Å². The average Bonchev–Trinajstić information content (AvgIpc) is 2.38. The zero-order chi connectivity index (χ0) is 16.4. The molecule has 2 N–H and O–H groups in total. The van der Waals surface area contributed by atoms with Gasteiger partial charge in [0.1, 0.15) is 17.4 Å². The highest BCUT2D eigenvalue weighted by Gasteiger charge is 2.19. The zero-order valence-electron chi connectivity index (χ0n) is 12.1. The summed E-state index contributed by atoms with van der Waals surface area (Å²) in [5.74, 6) is -2.59. The molecule has 0 aliphatic rings. The lowest BCUT2D eigenvalue weighted by Crippen LogP contribution is -2.39. The molecule has 0 fully saturated rings. The molecule has 7 nitrogen and oxygen atoms in total. The molecule has 1 amide bonds. The molecule has 0 radical (unpaired) electrons. The molecular weight excluding hydrogens is 316 g/mol. The summed E-state index contributed by atoms with van der Waals surface area (Å²) in [6, 6.07) is 0. The molecule has 9 heteroatoms. The van der Waals surface area contributed by atoms with Crippen LogP contribution in [0.1, 0.15) is 20.3 Å². The molecule has 0 spiro atoms. The van der Waals surface area contributed by atoms with Gasteiger partial charge in [0.05, 0.1) is 0 Å². The maximum Gasteiger partial charge on any atom is 0.323 e. The smallest absolute Gasteiger partial charge is 0.323 e. The normalized spacial score (nSPS) is 10.0. The van der Waals surface area contributed by atoms with Crippen LogP contribution in [0.3, 0.4) is 0 Å². The van der Waals surface area contributed by atoms with E-state index < -0.39 is 30.9 Å². The number of aliphatic carboxylic acids is 2. The van der Waals surface area contributed by atoms with E-state index in [0.717, 1.165) is 18.0 Å². The molecule has 0 aliphatic heterocycles. The standard InChI is InChI=1S/C12H20N2O5S2/c1-3-13(4-2)12(20)21-6-5-9(15)14(7-10(16)17)8-11(18)19/h3-8H2,1-2H3,(H,16,17)(H,18,19). The van der Waals surface area contributed by atoms with E-state index in [1.54, 1.807) is 0 Å². The van der Waals surface area contributed by atoms with Crippen molar-refractivity contribution < 1.29 is 24.6 Å². The Hall–Kier alpha value is -1.35. The molecule has 0 aromatic rings. The Morgan fingerprint density at radius 1 is 1.00 bits per heavy atom. The van der Waals surface area contributed by atoms with E-state index in [9.17, 15) is 14.4 Å². The molecule has 0 saturated carbocycles. The Balaban J connectivity index is 4.33. The molecule has 21 heavy (non-hydrogen) atoms. The molecule has 0 unspecified atom stereocenters. The highest BCUT2D eigenvalue weighted by atomic mass is 32.2. The van der Waals surface area contributed by atoms with Crippen molar-refractivity contribution in [2.75, 3.05) is 31.9 Å². The SMILES string of the molecule is CCN(CC)C(=S)SCCC(=O)N(CC(=O)O)CC(=O)O. The van der Waals surface area contributed by atoms with Crippen LogP contribution in [0.4, 0.5) is 0 Å². The highest BCUT2D eigenvalue weighted by molar-refractivity contribution is 8.22. The van der Waals surface area contributed by atoms with Crippen LogP contribution in [-0.2, 0) is 14.4 Å². The number of carboxylic acid groups (broad SMARTS) is 2. The summed E-state index contributed by atoms with van der Waals surface area (Å²) in [6.45, 7) is 4.28. The summed E-state index contributed by atoms with van der Waals surface area (Å²) < 4.78 is 0.677. The van der Waals surface area contributed by atoms with Crippen molar-refractivity contribution in [2.45, 2.75) is 20.3 Å². The van der Waals surface area contributed by atoms with E-state index in [1.165, 1.54) is 11.8 Å². The lowest BCUT2D eigenvalue weighted by atomic mass is 10.3. The van der Waals surface area contributed by atoms with Crippen LogP contribution >= 0.6 is 24.0 Å². The Labute approximate surface area is 133 Å². The van der Waals surface area contributed by atoms with Gasteiger partial charge in [-0.25, -0.2) is 0 Å². The summed E-state index contributed by atoms with van der Waals surface area (Å²) in [7, 11) is 0. The molecule has 0 aromatic carbocycles. The number of amides is 1. The van der Waals surface area contributed by atoms with Crippen LogP contribution < -0.4 is 0 Å². The molecule has 0 heterocycles. The average molecular weight is 336 g/mol. The maximum atomic E-state index is 11.8. The number of carboxylic acids is 2. The first-order chi connectivity index (χ1) is 9.81. The van der Waals surface area contributed by atoms with Crippen LogP contribution in [0.25, 0.3) is 0 Å². The molecule has 120 valence electrons. The van der Waals surface area contributed by atoms with Gasteiger partial charge < -0.3 is 20.0 Å². The van der Waals surface area contributed by atoms with Crippen molar-refractivity contribution in [1.82, 2.24) is 9.80 Å². The van der Waals surface area contributed by atoms with Gasteiger partial charge in [0.15, 0.2) is 0 Å². The largest absolute Gasteiger partial charge is 0.480 e. The molecule has 0 aromatic heterocycles. The number of carbonyl (C=O) groups excluding carboxylic acids is 1. The topological polar surface area (TPSA) is 98.2 Å². The number of rotatable bonds is 9. The van der Waals surface area contributed by atoms with Crippen molar-refractivity contribution in [3.05, 3.63) is 0 Å². The van der Waals surface area contributed by atoms with Gasteiger partial charge in [-0.15, -0.1) is 0 Å². The van der Waals surface area contributed by atoms with Crippen LogP contribution in [0.5, 0.6) is 0 Å². The fraction of sp³-hybridized carbons (Fsp3) is 0.667. The number of nitrogens with zero attached hydrogens (tertiary/aromatic N) is 2. The second kappa shape index (κ2) is 10.4. The third-order valence-corrected chi connectivity index (χ3v) is 4.09. The van der Waals surface area contributed by atoms with Crippen molar-refractivity contribution in [2.24, 2.45) is 0 Å². The highest BCUT2D eigenvalue weighted by Crippen LogP contribution is 2.11. The first-order valence-corrected chi connectivity index (χ1v) is 7.84. The molecule has 0 aliphatic carbocycles. The van der Waals surface area contributed by atoms with Crippen LogP contribution in [-0.4, -0.2) is 74.1 Å². The number of carbonyl (C=O) groups is 3. The molecule has 0 atom stereocenters. The minimum absolute atomic E-state index is 0.0482. The fourth-order valence-electron chi connectivity index (χ4n) is 1.52. The second-order valence-corrected chi connectivity index (χ2v) is 5.80. The predicted molar refractivity (Wildman–Crippen MR) is 84.4 cm³/mol. The van der Waals surface area contributed by atoms with Crippen LogP contribution in [0.2, 0.25) is 0 Å². The summed E-state index contributed by atoms with van der Waals surface area (Å²) in [5, 5.41) is 17.4. The van der Waals surface area contributed by atoms with Gasteiger partial charge in [-0.1, -0.05) is 24.0 Å². The van der Waals surface area contributed by atoms with Gasteiger partial charge in [0.25, 0.3) is 0 Å². The van der Waals surface area contributed by atoms with Gasteiger partial charge in [0.2, 0.25) is 5.91 Å². The van der Waals surface area contributed by atoms with E-state index in [1.807, 2.05) is 18.7 Å². The Morgan fingerprint density at radius 3 is 1.86 bits per heavy atom. The quantitative estimate of drug-likeness (QED) is 0.595. The summed E-state index contributed by atoms with van der Waals surface area (Å²) in [6.07, 6.45) is 0.0482. The predicted octanol–water partition coefficient (Wildman–Crippen LogP) is 0.734. The van der Waals surface area contributed by atoms with Crippen LogP contribution in [0, 0.1) is 0 Å². The van der Waals surface area contributed by atoms with Crippen LogP contribution in [0.15, 0.2) is 0 Å². The Morgan fingerprint density at radius 2 is 1.48 bits per heavy atom. The molecule has 0 rings (SSSR count). The van der Waals surface area contributed by atoms with Crippen molar-refractivity contribution >= 4 is 46.1 Å². The van der Waals surface area contributed by atoms with E-state index in [-0.39, 0.29) is 6.42 Å². The second-order valence-electron chi connectivity index (χ2n) is 4.07. The molecule has 0 saturated heterocycles. The van der Waals surface area contributed by atoms with E-state index in [4.69, 9.17) is 22.4 Å². The summed E-state index contributed by atoms with van der Waals surface area (Å²) in [4.78, 5) is 35.9. The van der Waals surface area contributed by atoms with Gasteiger partial charge in [-0.2, -0.15) is 0 Å². The number of hydrogen-bond acceptors (Lipinski definition) is 5. The van der Waals surface area contributed by atoms with E-state index in [0.29, 0.717) is 10.1 Å². The minimum atomic E-state index is -1.24. The van der Waals surface area contributed by atoms with Gasteiger partial charge >= 0.3 is 11.9 Å². The number of hydrogen-bond donors (Lipinski definition) is 2. The third-order valence-electron chi connectivity index (χ3n) is 2.57. The minimum Gasteiger partial charge on any atom is -0.480 e. The van der Waals surface area contributed by atoms with Gasteiger partial charge in [-0.05, 0) is 13.8 Å².